The highest BCUT2D eigenvalue weighted by atomic mass is 79.9. The Labute approximate surface area is 180 Å². The van der Waals surface area contributed by atoms with Crippen LogP contribution < -0.4 is 4.90 Å². The van der Waals surface area contributed by atoms with E-state index in [-0.39, 0.29) is 39.0 Å². The molecule has 2 atom stereocenters. The summed E-state index contributed by atoms with van der Waals surface area (Å²) in [5.41, 5.74) is -0.716. The van der Waals surface area contributed by atoms with Crippen LogP contribution in [0.3, 0.4) is 0 Å². The van der Waals surface area contributed by atoms with Crippen molar-refractivity contribution in [1.29, 1.82) is 0 Å². The molecule has 3 heterocycles. The van der Waals surface area contributed by atoms with Crippen LogP contribution in [0, 0.1) is 11.9 Å². The fourth-order valence-electron chi connectivity index (χ4n) is 4.06. The highest BCUT2D eigenvalue weighted by Gasteiger charge is 2.45. The second kappa shape index (κ2) is 7.19. The van der Waals surface area contributed by atoms with E-state index in [1.54, 1.807) is 4.90 Å². The average Bonchev–Trinajstić information content (AvgIpc) is 2.89. The zero-order valence-electron chi connectivity index (χ0n) is 16.2. The van der Waals surface area contributed by atoms with E-state index in [0.717, 1.165) is 12.8 Å². The molecule has 156 valence electrons. The number of carbonyl (C=O) groups excluding carboxylic acids is 1. The molecule has 1 aromatic carbocycles. The molecule has 1 amide bonds. The van der Waals surface area contributed by atoms with E-state index in [1.165, 1.54) is 6.07 Å². The molecule has 0 saturated carbocycles. The van der Waals surface area contributed by atoms with Crippen LogP contribution in [0.4, 0.5) is 19.4 Å². The Balaban J connectivity index is 1.68. The predicted molar refractivity (Wildman–Crippen MR) is 109 cm³/mol. The van der Waals surface area contributed by atoms with Crippen LogP contribution in [-0.2, 0) is 4.74 Å². The minimum Gasteiger partial charge on any atom is -0.444 e. The molecule has 29 heavy (non-hydrogen) atoms. The summed E-state index contributed by atoms with van der Waals surface area (Å²) in [5, 5.41) is 0.490. The number of aromatic nitrogens is 2. The monoisotopic (exact) mass is 488 g/mol. The van der Waals surface area contributed by atoms with E-state index >= 15 is 0 Å². The lowest BCUT2D eigenvalue weighted by molar-refractivity contribution is 0.0123. The molecule has 0 radical (unpaired) electrons. The molecule has 0 N–H and O–H groups in total. The molecule has 2 aliphatic rings. The van der Waals surface area contributed by atoms with E-state index in [1.807, 2.05) is 25.7 Å². The van der Waals surface area contributed by atoms with Gasteiger partial charge in [0.2, 0.25) is 0 Å². The highest BCUT2D eigenvalue weighted by Crippen LogP contribution is 2.38. The van der Waals surface area contributed by atoms with Crippen LogP contribution in [0.2, 0.25) is 5.02 Å². The molecule has 0 aliphatic carbocycles. The minimum atomic E-state index is -1.01. The lowest BCUT2D eigenvalue weighted by atomic mass is 10.1. The SMILES string of the molecule is CC(C)(C)OC(=O)N1C2CCC1CN(c1nc(F)nc3c(F)c(Br)c(Cl)cc13)C2. The number of benzene rings is 1. The lowest BCUT2D eigenvalue weighted by Gasteiger charge is -2.42. The molecule has 0 spiro atoms. The maximum absolute atomic E-state index is 14.6. The van der Waals surface area contributed by atoms with Gasteiger partial charge in [-0.2, -0.15) is 14.4 Å². The second-order valence-corrected chi connectivity index (χ2v) is 9.58. The molecule has 2 bridgehead atoms. The molecule has 2 fully saturated rings. The van der Waals surface area contributed by atoms with Gasteiger partial charge in [-0.1, -0.05) is 11.6 Å². The highest BCUT2D eigenvalue weighted by molar-refractivity contribution is 9.10. The number of carbonyl (C=O) groups is 1. The van der Waals surface area contributed by atoms with Gasteiger partial charge in [-0.3, -0.25) is 4.90 Å². The quantitative estimate of drug-likeness (QED) is 0.421. The summed E-state index contributed by atoms with van der Waals surface area (Å²) < 4.78 is 34.3. The van der Waals surface area contributed by atoms with Gasteiger partial charge in [0.15, 0.2) is 5.82 Å². The summed E-state index contributed by atoms with van der Waals surface area (Å²) in [6.45, 7) is 6.37. The first-order valence-electron chi connectivity index (χ1n) is 9.32. The number of amides is 1. The number of ether oxygens (including phenoxy) is 1. The van der Waals surface area contributed by atoms with Gasteiger partial charge in [-0.15, -0.1) is 0 Å². The van der Waals surface area contributed by atoms with Crippen LogP contribution >= 0.6 is 27.5 Å². The Morgan fingerprint density at radius 3 is 2.45 bits per heavy atom. The van der Waals surface area contributed by atoms with Gasteiger partial charge < -0.3 is 9.64 Å². The smallest absolute Gasteiger partial charge is 0.410 e. The fraction of sp³-hybridized carbons (Fsp3) is 0.526. The van der Waals surface area contributed by atoms with Crippen molar-refractivity contribution in [3.05, 3.63) is 27.5 Å². The van der Waals surface area contributed by atoms with Crippen molar-refractivity contribution in [2.45, 2.75) is 51.3 Å². The predicted octanol–water partition coefficient (Wildman–Crippen LogP) is 4.91. The van der Waals surface area contributed by atoms with Gasteiger partial charge in [0, 0.05) is 18.5 Å². The normalized spacial score (nSPS) is 21.8. The first kappa shape index (κ1) is 20.5. The number of halogens is 4. The van der Waals surface area contributed by atoms with E-state index in [2.05, 4.69) is 25.9 Å². The third-order valence-electron chi connectivity index (χ3n) is 5.17. The van der Waals surface area contributed by atoms with Gasteiger partial charge in [-0.25, -0.2) is 9.18 Å². The van der Waals surface area contributed by atoms with Gasteiger partial charge in [0.25, 0.3) is 0 Å². The van der Waals surface area contributed by atoms with Crippen molar-refractivity contribution >= 4 is 50.3 Å². The zero-order chi connectivity index (χ0) is 21.1. The Kier molecular flexibility index (Phi) is 5.09. The summed E-state index contributed by atoms with van der Waals surface area (Å²) in [6.07, 6.45) is 0.267. The summed E-state index contributed by atoms with van der Waals surface area (Å²) in [7, 11) is 0. The number of anilines is 1. The summed E-state index contributed by atoms with van der Waals surface area (Å²) in [6, 6.07) is 1.35. The topological polar surface area (TPSA) is 58.6 Å². The molecule has 2 unspecified atom stereocenters. The Hall–Kier alpha value is -1.74. The minimum absolute atomic E-state index is 0.0329. The van der Waals surface area contributed by atoms with Crippen molar-refractivity contribution in [3.63, 3.8) is 0 Å². The van der Waals surface area contributed by atoms with Crippen molar-refractivity contribution < 1.29 is 18.3 Å². The Morgan fingerprint density at radius 1 is 1.24 bits per heavy atom. The maximum atomic E-state index is 14.6. The number of hydrogen-bond donors (Lipinski definition) is 0. The molecule has 1 aromatic heterocycles. The molecule has 2 aliphatic heterocycles. The van der Waals surface area contributed by atoms with E-state index in [4.69, 9.17) is 16.3 Å². The first-order valence-corrected chi connectivity index (χ1v) is 10.5. The summed E-state index contributed by atoms with van der Waals surface area (Å²) in [4.78, 5) is 23.8. The number of piperazine rings is 1. The molecule has 2 aromatic rings. The molecule has 2 saturated heterocycles. The standard InChI is InChI=1S/C19H20BrClF2N4O2/c1-19(2,3)29-18(28)27-9-4-5-10(27)8-26(7-9)16-11-6-12(21)13(20)14(22)15(11)24-17(23)25-16/h6,9-10H,4-5,7-8H2,1-3H3. The third kappa shape index (κ3) is 3.74. The van der Waals surface area contributed by atoms with Crippen molar-refractivity contribution in [3.8, 4) is 0 Å². The number of rotatable bonds is 1. The maximum Gasteiger partial charge on any atom is 0.410 e. The lowest BCUT2D eigenvalue weighted by Crippen LogP contribution is -2.57. The largest absolute Gasteiger partial charge is 0.444 e. The molecule has 4 rings (SSSR count). The van der Waals surface area contributed by atoms with Gasteiger partial charge in [0.05, 0.1) is 21.6 Å². The second-order valence-electron chi connectivity index (χ2n) is 8.38. The molecule has 6 nitrogen and oxygen atoms in total. The Bertz CT molecular complexity index is 987. The van der Waals surface area contributed by atoms with Gasteiger partial charge >= 0.3 is 12.2 Å². The molecular weight excluding hydrogens is 470 g/mol. The molecular formula is C19H20BrClF2N4O2. The van der Waals surface area contributed by atoms with Crippen LogP contribution in [0.5, 0.6) is 0 Å². The van der Waals surface area contributed by atoms with Crippen molar-refractivity contribution in [2.24, 2.45) is 0 Å². The number of fused-ring (bicyclic) bond motifs is 3. The average molecular weight is 490 g/mol. The van der Waals surface area contributed by atoms with Crippen molar-refractivity contribution in [2.75, 3.05) is 18.0 Å². The van der Waals surface area contributed by atoms with Crippen LogP contribution in [0.1, 0.15) is 33.6 Å². The molecule has 10 heteroatoms. The van der Waals surface area contributed by atoms with E-state index in [9.17, 15) is 13.6 Å². The number of hydrogen-bond acceptors (Lipinski definition) is 5. The number of nitrogens with zero attached hydrogens (tertiary/aromatic N) is 4. The van der Waals surface area contributed by atoms with E-state index < -0.39 is 17.5 Å². The Morgan fingerprint density at radius 2 is 1.86 bits per heavy atom. The van der Waals surface area contributed by atoms with E-state index in [0.29, 0.717) is 18.5 Å². The van der Waals surface area contributed by atoms with Crippen molar-refractivity contribution in [1.82, 2.24) is 14.9 Å². The van der Waals surface area contributed by atoms with Gasteiger partial charge in [0.1, 0.15) is 16.9 Å². The first-order chi connectivity index (χ1) is 13.5. The third-order valence-corrected chi connectivity index (χ3v) is 6.47. The van der Waals surface area contributed by atoms with Crippen LogP contribution in [-0.4, -0.2) is 51.7 Å². The fourth-order valence-corrected chi connectivity index (χ4v) is 4.55. The summed E-state index contributed by atoms with van der Waals surface area (Å²) >= 11 is 9.18. The van der Waals surface area contributed by atoms with Crippen LogP contribution in [0.25, 0.3) is 10.9 Å². The van der Waals surface area contributed by atoms with Crippen LogP contribution in [0.15, 0.2) is 10.5 Å². The zero-order valence-corrected chi connectivity index (χ0v) is 18.5. The summed E-state index contributed by atoms with van der Waals surface area (Å²) in [5.74, 6) is -0.452. The van der Waals surface area contributed by atoms with Gasteiger partial charge in [-0.05, 0) is 55.6 Å².